The number of halogens is 3. The number of carbonyl (C=O) groups excluding carboxylic acids is 1. The lowest BCUT2D eigenvalue weighted by molar-refractivity contribution is -0.141. The number of hydrogen-bond acceptors (Lipinski definition) is 3. The van der Waals surface area contributed by atoms with Gasteiger partial charge in [0.2, 0.25) is 5.91 Å². The van der Waals surface area contributed by atoms with Crippen molar-refractivity contribution in [2.45, 2.75) is 30.0 Å². The lowest BCUT2D eigenvalue weighted by atomic mass is 10.2. The molecule has 1 aliphatic heterocycles. The molecular formula is C15H19F3N2O2S. The molecule has 1 amide bonds. The van der Waals surface area contributed by atoms with Gasteiger partial charge in [-0.05, 0) is 31.5 Å². The van der Waals surface area contributed by atoms with Crippen LogP contribution in [0, 0.1) is 0 Å². The summed E-state index contributed by atoms with van der Waals surface area (Å²) in [5.74, 6) is -0.252. The average Bonchev–Trinajstić information content (AvgIpc) is 2.99. The number of benzene rings is 1. The molecule has 4 nitrogen and oxygen atoms in total. The first-order valence-electron chi connectivity index (χ1n) is 7.39. The first-order chi connectivity index (χ1) is 10.9. The summed E-state index contributed by atoms with van der Waals surface area (Å²) in [4.78, 5) is 14.4. The van der Waals surface area contributed by atoms with Gasteiger partial charge < -0.3 is 5.32 Å². The molecule has 0 radical (unpaired) electrons. The van der Waals surface area contributed by atoms with E-state index in [9.17, 15) is 22.2 Å². The van der Waals surface area contributed by atoms with Gasteiger partial charge in [-0.15, -0.1) is 0 Å². The molecule has 0 unspecified atom stereocenters. The molecule has 0 bridgehead atoms. The molecule has 1 saturated heterocycles. The fourth-order valence-corrected chi connectivity index (χ4v) is 3.68. The minimum Gasteiger partial charge on any atom is -0.346 e. The molecule has 2 rings (SSSR count). The van der Waals surface area contributed by atoms with E-state index in [-0.39, 0.29) is 0 Å². The highest BCUT2D eigenvalue weighted by atomic mass is 32.2. The quantitative estimate of drug-likeness (QED) is 0.855. The highest BCUT2D eigenvalue weighted by Crippen LogP contribution is 2.19. The SMILES string of the molecule is O=C(NCC(F)(F)F)[C@H]1CCCN1CC[S@](=O)c1ccccc1. The predicted molar refractivity (Wildman–Crippen MR) is 81.4 cm³/mol. The maximum absolute atomic E-state index is 12.2. The van der Waals surface area contributed by atoms with E-state index in [1.807, 2.05) is 16.3 Å². The van der Waals surface area contributed by atoms with Gasteiger partial charge in [-0.1, -0.05) is 18.2 Å². The molecule has 1 heterocycles. The zero-order chi connectivity index (χ0) is 16.9. The van der Waals surface area contributed by atoms with Crippen LogP contribution in [-0.4, -0.2) is 52.6 Å². The van der Waals surface area contributed by atoms with Gasteiger partial charge in [-0.2, -0.15) is 13.2 Å². The summed E-state index contributed by atoms with van der Waals surface area (Å²) in [5.41, 5.74) is 0. The molecule has 8 heteroatoms. The Morgan fingerprint density at radius 3 is 2.65 bits per heavy atom. The lowest BCUT2D eigenvalue weighted by Crippen LogP contribution is -2.46. The number of likely N-dealkylation sites (tertiary alicyclic amines) is 1. The standard InChI is InChI=1S/C15H19F3N2O2S/c16-15(17,18)11-19-14(21)13-7-4-8-20(13)9-10-23(22)12-5-2-1-3-6-12/h1-3,5-6,13H,4,7-11H2,(H,19,21)/t13-,23+/m1/s1. The number of rotatable bonds is 6. The van der Waals surface area contributed by atoms with Crippen molar-refractivity contribution in [2.24, 2.45) is 0 Å². The molecule has 1 aromatic carbocycles. The van der Waals surface area contributed by atoms with Crippen molar-refractivity contribution in [3.63, 3.8) is 0 Å². The second kappa shape index (κ2) is 7.92. The van der Waals surface area contributed by atoms with Crippen LogP contribution < -0.4 is 5.32 Å². The van der Waals surface area contributed by atoms with Crippen molar-refractivity contribution in [1.29, 1.82) is 0 Å². The average molecular weight is 348 g/mol. The van der Waals surface area contributed by atoms with Gasteiger partial charge in [0.15, 0.2) is 0 Å². The maximum atomic E-state index is 12.2. The fraction of sp³-hybridized carbons (Fsp3) is 0.533. The Hall–Kier alpha value is -1.41. The number of nitrogens with zero attached hydrogens (tertiary/aromatic N) is 1. The van der Waals surface area contributed by atoms with Gasteiger partial charge in [0.05, 0.1) is 16.8 Å². The van der Waals surface area contributed by atoms with Crippen LogP contribution >= 0.6 is 0 Å². The Morgan fingerprint density at radius 1 is 1.30 bits per heavy atom. The van der Waals surface area contributed by atoms with Crippen LogP contribution in [0.25, 0.3) is 0 Å². The summed E-state index contributed by atoms with van der Waals surface area (Å²) in [7, 11) is -1.18. The Morgan fingerprint density at radius 2 is 2.00 bits per heavy atom. The summed E-state index contributed by atoms with van der Waals surface area (Å²) < 4.78 is 48.7. The molecule has 0 aromatic heterocycles. The Bertz CT molecular complexity index is 551. The lowest BCUT2D eigenvalue weighted by Gasteiger charge is -2.23. The summed E-state index contributed by atoms with van der Waals surface area (Å²) in [6.07, 6.45) is -3.13. The molecule has 0 aliphatic carbocycles. The first-order valence-corrected chi connectivity index (χ1v) is 8.70. The maximum Gasteiger partial charge on any atom is 0.405 e. The minimum atomic E-state index is -4.41. The van der Waals surface area contributed by atoms with E-state index in [2.05, 4.69) is 0 Å². The van der Waals surface area contributed by atoms with E-state index in [0.29, 0.717) is 30.2 Å². The van der Waals surface area contributed by atoms with Crippen molar-refractivity contribution < 1.29 is 22.2 Å². The van der Waals surface area contributed by atoms with E-state index in [4.69, 9.17) is 0 Å². The fourth-order valence-electron chi connectivity index (χ4n) is 2.59. The number of hydrogen-bond donors (Lipinski definition) is 1. The number of carbonyl (C=O) groups is 1. The van der Waals surface area contributed by atoms with Crippen LogP contribution in [0.2, 0.25) is 0 Å². The molecule has 128 valence electrons. The smallest absolute Gasteiger partial charge is 0.346 e. The zero-order valence-electron chi connectivity index (χ0n) is 12.5. The van der Waals surface area contributed by atoms with Crippen LogP contribution in [-0.2, 0) is 15.6 Å². The van der Waals surface area contributed by atoms with Crippen molar-refractivity contribution in [3.8, 4) is 0 Å². The summed E-state index contributed by atoms with van der Waals surface area (Å²) in [6, 6.07) is 8.42. The monoisotopic (exact) mass is 348 g/mol. The Labute approximate surface area is 135 Å². The molecule has 0 saturated carbocycles. The second-order valence-electron chi connectivity index (χ2n) is 5.39. The van der Waals surface area contributed by atoms with Gasteiger partial charge >= 0.3 is 6.18 Å². The number of alkyl halides is 3. The van der Waals surface area contributed by atoms with Crippen LogP contribution in [0.4, 0.5) is 13.2 Å². The van der Waals surface area contributed by atoms with Crippen LogP contribution in [0.3, 0.4) is 0 Å². The molecular weight excluding hydrogens is 329 g/mol. The number of amides is 1. The Kier molecular flexibility index (Phi) is 6.17. The number of nitrogens with one attached hydrogen (secondary N) is 1. The van der Waals surface area contributed by atoms with E-state index in [1.54, 1.807) is 24.3 Å². The third-order valence-electron chi connectivity index (χ3n) is 3.70. The van der Waals surface area contributed by atoms with Crippen molar-refractivity contribution in [1.82, 2.24) is 10.2 Å². The van der Waals surface area contributed by atoms with E-state index < -0.39 is 35.5 Å². The van der Waals surface area contributed by atoms with Gasteiger partial charge in [-0.25, -0.2) is 0 Å². The van der Waals surface area contributed by atoms with Gasteiger partial charge in [0, 0.05) is 17.2 Å². The third kappa shape index (κ3) is 5.62. The largest absolute Gasteiger partial charge is 0.405 e. The van der Waals surface area contributed by atoms with Crippen LogP contribution in [0.1, 0.15) is 12.8 Å². The third-order valence-corrected chi connectivity index (χ3v) is 5.05. The van der Waals surface area contributed by atoms with Crippen molar-refractivity contribution in [2.75, 3.05) is 25.4 Å². The van der Waals surface area contributed by atoms with Crippen molar-refractivity contribution >= 4 is 16.7 Å². The second-order valence-corrected chi connectivity index (χ2v) is 6.96. The van der Waals surface area contributed by atoms with Gasteiger partial charge in [0.1, 0.15) is 6.54 Å². The Balaban J connectivity index is 1.84. The zero-order valence-corrected chi connectivity index (χ0v) is 13.3. The molecule has 1 aromatic rings. The van der Waals surface area contributed by atoms with E-state index >= 15 is 0 Å². The highest BCUT2D eigenvalue weighted by Gasteiger charge is 2.34. The minimum absolute atomic E-state index is 0.354. The molecule has 2 atom stereocenters. The van der Waals surface area contributed by atoms with Crippen LogP contribution in [0.15, 0.2) is 35.2 Å². The van der Waals surface area contributed by atoms with E-state index in [0.717, 1.165) is 6.42 Å². The molecule has 0 spiro atoms. The van der Waals surface area contributed by atoms with Crippen molar-refractivity contribution in [3.05, 3.63) is 30.3 Å². The van der Waals surface area contributed by atoms with Gasteiger partial charge in [-0.3, -0.25) is 13.9 Å². The summed E-state index contributed by atoms with van der Waals surface area (Å²) in [6.45, 7) is -0.256. The predicted octanol–water partition coefficient (Wildman–Crippen LogP) is 1.94. The topological polar surface area (TPSA) is 49.4 Å². The molecule has 1 fully saturated rings. The molecule has 23 heavy (non-hydrogen) atoms. The highest BCUT2D eigenvalue weighted by molar-refractivity contribution is 7.85. The van der Waals surface area contributed by atoms with Crippen LogP contribution in [0.5, 0.6) is 0 Å². The molecule has 1 N–H and O–H groups in total. The first kappa shape index (κ1) is 17.9. The molecule has 1 aliphatic rings. The van der Waals surface area contributed by atoms with E-state index in [1.165, 1.54) is 0 Å². The normalized spacial score (nSPS) is 20.4. The van der Waals surface area contributed by atoms with Gasteiger partial charge in [0.25, 0.3) is 0 Å². The summed E-state index contributed by atoms with van der Waals surface area (Å²) in [5, 5.41) is 1.93. The summed E-state index contributed by atoms with van der Waals surface area (Å²) >= 11 is 0.